The van der Waals surface area contributed by atoms with Gasteiger partial charge >= 0.3 is 0 Å². The van der Waals surface area contributed by atoms with Crippen LogP contribution in [0.15, 0.2) is 72.8 Å². The summed E-state index contributed by atoms with van der Waals surface area (Å²) < 4.78 is 6.37. The van der Waals surface area contributed by atoms with Crippen molar-refractivity contribution in [2.45, 2.75) is 0 Å². The molecule has 0 unspecified atom stereocenters. The summed E-state index contributed by atoms with van der Waals surface area (Å²) in [5.41, 5.74) is 3.22. The highest BCUT2D eigenvalue weighted by Crippen LogP contribution is 2.30. The molecule has 5 nitrogen and oxygen atoms in total. The second kappa shape index (κ2) is 8.38. The van der Waals surface area contributed by atoms with E-state index < -0.39 is 0 Å². The molecule has 1 heterocycles. The van der Waals surface area contributed by atoms with Crippen LogP contribution in [0.4, 0.5) is 5.69 Å². The molecule has 0 aliphatic rings. The quantitative estimate of drug-likeness (QED) is 0.451. The monoisotopic (exact) mass is 419 g/mol. The topological polar surface area (TPSA) is 63.2 Å². The minimum absolute atomic E-state index is 0.216. The highest BCUT2D eigenvalue weighted by Gasteiger charge is 2.13. The molecule has 4 rings (SSSR count). The molecule has 0 aliphatic heterocycles. The summed E-state index contributed by atoms with van der Waals surface area (Å²) in [5, 5.41) is 6.88. The van der Waals surface area contributed by atoms with Gasteiger partial charge in [0.2, 0.25) is 0 Å². The third-order valence-electron chi connectivity index (χ3n) is 4.26. The highest BCUT2D eigenvalue weighted by molar-refractivity contribution is 7.80. The van der Waals surface area contributed by atoms with Crippen LogP contribution in [0.3, 0.4) is 0 Å². The molecule has 0 spiro atoms. The molecule has 4 aromatic rings. The Morgan fingerprint density at radius 1 is 1.00 bits per heavy atom. The number of thiazole rings is 1. The molecule has 0 fully saturated rings. The fourth-order valence-electron chi connectivity index (χ4n) is 2.86. The first-order chi connectivity index (χ1) is 14.1. The van der Waals surface area contributed by atoms with Crippen molar-refractivity contribution in [3.63, 3.8) is 0 Å². The Bertz CT molecular complexity index is 1150. The lowest BCUT2D eigenvalue weighted by Crippen LogP contribution is -2.34. The Morgan fingerprint density at radius 2 is 1.72 bits per heavy atom. The Balaban J connectivity index is 1.43. The number of para-hydroxylation sites is 2. The molecule has 29 heavy (non-hydrogen) atoms. The predicted molar refractivity (Wildman–Crippen MR) is 122 cm³/mol. The van der Waals surface area contributed by atoms with Crippen LogP contribution in [-0.2, 0) is 0 Å². The normalized spacial score (nSPS) is 10.5. The second-order valence-electron chi connectivity index (χ2n) is 6.17. The Kier molecular flexibility index (Phi) is 5.50. The van der Waals surface area contributed by atoms with E-state index in [9.17, 15) is 4.79 Å². The maximum absolute atomic E-state index is 12.4. The van der Waals surface area contributed by atoms with Gasteiger partial charge in [-0.15, -0.1) is 11.3 Å². The minimum Gasteiger partial charge on any atom is -0.496 e. The Morgan fingerprint density at radius 3 is 2.48 bits per heavy atom. The van der Waals surface area contributed by atoms with E-state index in [1.165, 1.54) is 7.11 Å². The van der Waals surface area contributed by atoms with Crippen LogP contribution in [0.2, 0.25) is 0 Å². The van der Waals surface area contributed by atoms with Gasteiger partial charge in [0.25, 0.3) is 5.91 Å². The maximum atomic E-state index is 12.4. The van der Waals surface area contributed by atoms with Gasteiger partial charge in [0.1, 0.15) is 10.8 Å². The molecule has 0 bridgehead atoms. The van der Waals surface area contributed by atoms with Crippen molar-refractivity contribution in [1.29, 1.82) is 0 Å². The number of hydrogen-bond donors (Lipinski definition) is 2. The number of nitrogens with one attached hydrogen (secondary N) is 2. The Labute approximate surface area is 177 Å². The molecule has 0 radical (unpaired) electrons. The largest absolute Gasteiger partial charge is 0.496 e. The van der Waals surface area contributed by atoms with Crippen molar-refractivity contribution in [3.8, 4) is 16.3 Å². The summed E-state index contributed by atoms with van der Waals surface area (Å²) in [6.07, 6.45) is 0. The number of nitrogens with zero attached hydrogens (tertiary/aromatic N) is 1. The third kappa shape index (κ3) is 4.26. The van der Waals surface area contributed by atoms with Crippen molar-refractivity contribution in [3.05, 3.63) is 78.4 Å². The number of methoxy groups -OCH3 is 1. The van der Waals surface area contributed by atoms with Gasteiger partial charge in [0.05, 0.1) is 22.9 Å². The third-order valence-corrected chi connectivity index (χ3v) is 5.55. The number of aromatic nitrogens is 1. The van der Waals surface area contributed by atoms with E-state index >= 15 is 0 Å². The van der Waals surface area contributed by atoms with Crippen LogP contribution < -0.4 is 15.4 Å². The zero-order valence-corrected chi connectivity index (χ0v) is 17.1. The van der Waals surface area contributed by atoms with Crippen molar-refractivity contribution >= 4 is 50.5 Å². The van der Waals surface area contributed by atoms with Gasteiger partial charge in [-0.1, -0.05) is 24.3 Å². The van der Waals surface area contributed by atoms with E-state index in [2.05, 4.69) is 21.7 Å². The average molecular weight is 420 g/mol. The first-order valence-electron chi connectivity index (χ1n) is 8.85. The zero-order valence-electron chi connectivity index (χ0n) is 15.5. The van der Waals surface area contributed by atoms with E-state index in [4.69, 9.17) is 17.0 Å². The zero-order chi connectivity index (χ0) is 20.2. The lowest BCUT2D eigenvalue weighted by Gasteiger charge is -2.11. The summed E-state index contributed by atoms with van der Waals surface area (Å²) in [6.45, 7) is 0. The molecule has 0 saturated carbocycles. The smallest absolute Gasteiger partial charge is 0.261 e. The number of carbonyl (C=O) groups excluding carboxylic acids is 1. The van der Waals surface area contributed by atoms with Crippen LogP contribution in [0.5, 0.6) is 5.75 Å². The first-order valence-corrected chi connectivity index (χ1v) is 10.1. The molecule has 0 atom stereocenters. The number of amides is 1. The van der Waals surface area contributed by atoms with Gasteiger partial charge < -0.3 is 10.1 Å². The Hall–Kier alpha value is -3.29. The summed E-state index contributed by atoms with van der Waals surface area (Å²) in [6, 6.07) is 22.8. The molecule has 0 aliphatic carbocycles. The van der Waals surface area contributed by atoms with Crippen LogP contribution >= 0.6 is 23.6 Å². The summed E-state index contributed by atoms with van der Waals surface area (Å²) in [7, 11) is 1.52. The minimum atomic E-state index is -0.328. The molecule has 1 aromatic heterocycles. The number of benzene rings is 3. The molecule has 3 aromatic carbocycles. The molecule has 7 heteroatoms. The molecular weight excluding hydrogens is 402 g/mol. The van der Waals surface area contributed by atoms with Crippen molar-refractivity contribution in [2.24, 2.45) is 0 Å². The standard InChI is InChI=1S/C22H17N3O2S2/c1-27-18-8-4-2-6-16(18)20(26)25-22(28)23-15-12-10-14(11-13-15)21-24-17-7-3-5-9-19(17)29-21/h2-13H,1H3,(H2,23,25,26,28). The maximum Gasteiger partial charge on any atom is 0.261 e. The number of carbonyl (C=O) groups is 1. The number of hydrogen-bond acceptors (Lipinski definition) is 5. The first kappa shape index (κ1) is 19.0. The second-order valence-corrected chi connectivity index (χ2v) is 7.61. The van der Waals surface area contributed by atoms with Gasteiger partial charge in [-0.2, -0.15) is 0 Å². The summed E-state index contributed by atoms with van der Waals surface area (Å²) >= 11 is 6.92. The molecular formula is C22H17N3O2S2. The summed E-state index contributed by atoms with van der Waals surface area (Å²) in [4.78, 5) is 17.1. The van der Waals surface area contributed by atoms with E-state index in [0.29, 0.717) is 11.3 Å². The summed E-state index contributed by atoms with van der Waals surface area (Å²) in [5.74, 6) is 0.166. The van der Waals surface area contributed by atoms with Gasteiger partial charge in [0, 0.05) is 11.3 Å². The van der Waals surface area contributed by atoms with E-state index in [1.807, 2.05) is 42.5 Å². The van der Waals surface area contributed by atoms with Crippen molar-refractivity contribution < 1.29 is 9.53 Å². The number of anilines is 1. The SMILES string of the molecule is COc1ccccc1C(=O)NC(=S)Nc1ccc(-c2nc3ccccc3s2)cc1. The van der Waals surface area contributed by atoms with E-state index in [1.54, 1.807) is 35.6 Å². The number of rotatable bonds is 4. The fraction of sp³-hybridized carbons (Fsp3) is 0.0455. The van der Waals surface area contributed by atoms with Crippen LogP contribution in [-0.4, -0.2) is 23.1 Å². The van der Waals surface area contributed by atoms with Gasteiger partial charge in [-0.3, -0.25) is 10.1 Å². The van der Waals surface area contributed by atoms with Crippen molar-refractivity contribution in [1.82, 2.24) is 10.3 Å². The number of thiocarbonyl (C=S) groups is 1. The van der Waals surface area contributed by atoms with Gasteiger partial charge in [-0.25, -0.2) is 4.98 Å². The molecule has 144 valence electrons. The van der Waals surface area contributed by atoms with Crippen LogP contribution in [0.25, 0.3) is 20.8 Å². The van der Waals surface area contributed by atoms with Crippen LogP contribution in [0, 0.1) is 0 Å². The molecule has 0 saturated heterocycles. The van der Waals surface area contributed by atoms with Gasteiger partial charge in [0.15, 0.2) is 5.11 Å². The molecule has 1 amide bonds. The average Bonchev–Trinajstić information content (AvgIpc) is 3.18. The van der Waals surface area contributed by atoms with Crippen molar-refractivity contribution in [2.75, 3.05) is 12.4 Å². The fourth-order valence-corrected chi connectivity index (χ4v) is 4.04. The van der Waals surface area contributed by atoms with Crippen LogP contribution in [0.1, 0.15) is 10.4 Å². The highest BCUT2D eigenvalue weighted by atomic mass is 32.1. The lowest BCUT2D eigenvalue weighted by atomic mass is 10.2. The predicted octanol–water partition coefficient (Wildman–Crippen LogP) is 5.10. The number of ether oxygens (including phenoxy) is 1. The number of fused-ring (bicyclic) bond motifs is 1. The van der Waals surface area contributed by atoms with E-state index in [0.717, 1.165) is 26.5 Å². The van der Waals surface area contributed by atoms with Gasteiger partial charge in [-0.05, 0) is 60.7 Å². The van der Waals surface area contributed by atoms with E-state index in [-0.39, 0.29) is 11.0 Å². The lowest BCUT2D eigenvalue weighted by molar-refractivity contribution is 0.0975. The molecule has 2 N–H and O–H groups in total.